The molecule has 0 spiro atoms. The maximum absolute atomic E-state index is 5.68. The average Bonchev–Trinajstić information content (AvgIpc) is 2.53. The lowest BCUT2D eigenvalue weighted by Gasteiger charge is -2.17. The van der Waals surface area contributed by atoms with Crippen molar-refractivity contribution in [3.05, 3.63) is 24.3 Å². The van der Waals surface area contributed by atoms with Crippen LogP contribution in [0.15, 0.2) is 24.3 Å². The zero-order chi connectivity index (χ0) is 19.5. The quantitative estimate of drug-likeness (QED) is 0.467. The first kappa shape index (κ1) is 22.8. The third kappa shape index (κ3) is 13.0. The molecular weight excluding hydrogens is 328 g/mol. The molecule has 0 aliphatic carbocycles. The molecule has 1 aromatic carbocycles. The predicted octanol–water partition coefficient (Wildman–Crippen LogP) is 5.35. The molecule has 0 bridgehead atoms. The molecule has 26 heavy (non-hydrogen) atoms. The van der Waals surface area contributed by atoms with Crippen LogP contribution >= 0.6 is 0 Å². The van der Waals surface area contributed by atoms with Gasteiger partial charge in [0.25, 0.3) is 0 Å². The van der Waals surface area contributed by atoms with Gasteiger partial charge >= 0.3 is 0 Å². The zero-order valence-electron chi connectivity index (χ0n) is 17.6. The van der Waals surface area contributed by atoms with E-state index in [9.17, 15) is 0 Å². The van der Waals surface area contributed by atoms with Crippen LogP contribution in [0.1, 0.15) is 54.4 Å². The summed E-state index contributed by atoms with van der Waals surface area (Å²) in [5.41, 5.74) is 0.628. The smallest absolute Gasteiger partial charge is 0.119 e. The summed E-state index contributed by atoms with van der Waals surface area (Å²) in [5, 5.41) is 0. The number of ether oxygens (including phenoxy) is 4. The van der Waals surface area contributed by atoms with Crippen molar-refractivity contribution in [2.24, 2.45) is 10.8 Å². The molecule has 4 nitrogen and oxygen atoms in total. The molecule has 0 amide bonds. The van der Waals surface area contributed by atoms with Crippen LogP contribution in [0.3, 0.4) is 0 Å². The van der Waals surface area contributed by atoms with Crippen molar-refractivity contribution in [2.45, 2.75) is 54.4 Å². The van der Waals surface area contributed by atoms with Crippen LogP contribution in [0.2, 0.25) is 0 Å². The summed E-state index contributed by atoms with van der Waals surface area (Å²) < 4.78 is 22.6. The van der Waals surface area contributed by atoms with E-state index in [1.54, 1.807) is 0 Å². The second-order valence-corrected chi connectivity index (χ2v) is 9.01. The molecule has 150 valence electrons. The van der Waals surface area contributed by atoms with E-state index in [1.807, 2.05) is 24.3 Å². The van der Waals surface area contributed by atoms with Crippen LogP contribution in [0.5, 0.6) is 11.5 Å². The molecule has 0 saturated carbocycles. The fraction of sp³-hybridized carbons (Fsp3) is 0.727. The van der Waals surface area contributed by atoms with Crippen molar-refractivity contribution in [3.63, 3.8) is 0 Å². The van der Waals surface area contributed by atoms with Gasteiger partial charge in [-0.2, -0.15) is 0 Å². The fourth-order valence-electron chi connectivity index (χ4n) is 2.03. The van der Waals surface area contributed by atoms with E-state index in [0.717, 1.165) is 37.6 Å². The van der Waals surface area contributed by atoms with Crippen molar-refractivity contribution in [3.8, 4) is 11.5 Å². The van der Waals surface area contributed by atoms with Gasteiger partial charge in [0.15, 0.2) is 0 Å². The lowest BCUT2D eigenvalue weighted by molar-refractivity contribution is 0.0808. The molecule has 0 aromatic heterocycles. The van der Waals surface area contributed by atoms with Gasteiger partial charge in [-0.05, 0) is 47.9 Å². The number of hydrogen-bond acceptors (Lipinski definition) is 4. The summed E-state index contributed by atoms with van der Waals surface area (Å²) in [6.07, 6.45) is 2.11. The Labute approximate surface area is 160 Å². The van der Waals surface area contributed by atoms with Crippen LogP contribution in [0.25, 0.3) is 0 Å². The Morgan fingerprint density at radius 1 is 0.538 bits per heavy atom. The molecular formula is C22H38O4. The SMILES string of the molecule is CC(C)(C)CCOCCOc1ccc(OCCOCCC(C)(C)C)cc1. The summed E-state index contributed by atoms with van der Waals surface area (Å²) in [4.78, 5) is 0. The normalized spacial score (nSPS) is 12.2. The average molecular weight is 367 g/mol. The zero-order valence-corrected chi connectivity index (χ0v) is 17.6. The monoisotopic (exact) mass is 366 g/mol. The van der Waals surface area contributed by atoms with E-state index in [0.29, 0.717) is 37.3 Å². The van der Waals surface area contributed by atoms with Gasteiger partial charge < -0.3 is 18.9 Å². The Kier molecular flexibility index (Phi) is 10.0. The van der Waals surface area contributed by atoms with Crippen LogP contribution < -0.4 is 9.47 Å². The molecule has 0 N–H and O–H groups in total. The molecule has 0 aliphatic rings. The Balaban J connectivity index is 2.08. The van der Waals surface area contributed by atoms with E-state index in [1.165, 1.54) is 0 Å². The van der Waals surface area contributed by atoms with E-state index in [-0.39, 0.29) is 0 Å². The molecule has 0 radical (unpaired) electrons. The summed E-state index contributed by atoms with van der Waals surface area (Å²) in [7, 11) is 0. The molecule has 0 unspecified atom stereocenters. The predicted molar refractivity (Wildman–Crippen MR) is 107 cm³/mol. The topological polar surface area (TPSA) is 36.9 Å². The van der Waals surface area contributed by atoms with Gasteiger partial charge in [0.05, 0.1) is 13.2 Å². The minimum atomic E-state index is 0.314. The van der Waals surface area contributed by atoms with Crippen molar-refractivity contribution >= 4 is 0 Å². The van der Waals surface area contributed by atoms with Crippen LogP contribution in [-0.4, -0.2) is 39.6 Å². The standard InChI is InChI=1S/C22H38O4/c1-21(2,3)11-13-23-15-17-25-19-7-9-20(10-8-19)26-18-16-24-14-12-22(4,5)6/h7-10H,11-18H2,1-6H3. The highest BCUT2D eigenvalue weighted by molar-refractivity contribution is 5.31. The second-order valence-electron chi connectivity index (χ2n) is 9.01. The molecule has 0 heterocycles. The third-order valence-corrected chi connectivity index (χ3v) is 3.81. The number of benzene rings is 1. The van der Waals surface area contributed by atoms with Gasteiger partial charge in [-0.3, -0.25) is 0 Å². The van der Waals surface area contributed by atoms with Gasteiger partial charge in [0.1, 0.15) is 24.7 Å². The minimum absolute atomic E-state index is 0.314. The first-order valence-electron chi connectivity index (χ1n) is 9.67. The molecule has 4 heteroatoms. The first-order chi connectivity index (χ1) is 12.2. The fourth-order valence-corrected chi connectivity index (χ4v) is 2.03. The maximum Gasteiger partial charge on any atom is 0.119 e. The number of rotatable bonds is 12. The van der Waals surface area contributed by atoms with Gasteiger partial charge in [0, 0.05) is 13.2 Å². The van der Waals surface area contributed by atoms with Crippen LogP contribution in [0.4, 0.5) is 0 Å². The van der Waals surface area contributed by atoms with E-state index in [4.69, 9.17) is 18.9 Å². The summed E-state index contributed by atoms with van der Waals surface area (Å²) >= 11 is 0. The molecule has 0 saturated heterocycles. The van der Waals surface area contributed by atoms with Gasteiger partial charge in [-0.15, -0.1) is 0 Å². The number of hydrogen-bond donors (Lipinski definition) is 0. The van der Waals surface area contributed by atoms with E-state index in [2.05, 4.69) is 41.5 Å². The van der Waals surface area contributed by atoms with E-state index < -0.39 is 0 Å². The summed E-state index contributed by atoms with van der Waals surface area (Å²) in [6, 6.07) is 7.69. The molecule has 0 fully saturated rings. The maximum atomic E-state index is 5.68. The van der Waals surface area contributed by atoms with Crippen molar-refractivity contribution in [1.82, 2.24) is 0 Å². The van der Waals surface area contributed by atoms with Gasteiger partial charge in [0.2, 0.25) is 0 Å². The Morgan fingerprint density at radius 3 is 1.19 bits per heavy atom. The van der Waals surface area contributed by atoms with Crippen molar-refractivity contribution in [1.29, 1.82) is 0 Å². The highest BCUT2D eigenvalue weighted by Gasteiger charge is 2.09. The summed E-state index contributed by atoms with van der Waals surface area (Å²) in [6.45, 7) is 17.2. The van der Waals surface area contributed by atoms with Gasteiger partial charge in [-0.1, -0.05) is 41.5 Å². The Bertz CT molecular complexity index is 423. The van der Waals surface area contributed by atoms with Crippen molar-refractivity contribution in [2.75, 3.05) is 39.6 Å². The second kappa shape index (κ2) is 11.5. The first-order valence-corrected chi connectivity index (χ1v) is 9.67. The van der Waals surface area contributed by atoms with Gasteiger partial charge in [-0.25, -0.2) is 0 Å². The Morgan fingerprint density at radius 2 is 0.885 bits per heavy atom. The lowest BCUT2D eigenvalue weighted by atomic mass is 9.93. The molecule has 0 aliphatic heterocycles. The highest BCUT2D eigenvalue weighted by Crippen LogP contribution is 2.19. The Hall–Kier alpha value is -1.26. The minimum Gasteiger partial charge on any atom is -0.491 e. The van der Waals surface area contributed by atoms with Crippen LogP contribution in [-0.2, 0) is 9.47 Å². The molecule has 1 aromatic rings. The van der Waals surface area contributed by atoms with Crippen LogP contribution in [0, 0.1) is 10.8 Å². The summed E-state index contributed by atoms with van der Waals surface area (Å²) in [5.74, 6) is 1.66. The third-order valence-electron chi connectivity index (χ3n) is 3.81. The van der Waals surface area contributed by atoms with Crippen molar-refractivity contribution < 1.29 is 18.9 Å². The lowest BCUT2D eigenvalue weighted by Crippen LogP contribution is -2.13. The largest absolute Gasteiger partial charge is 0.491 e. The molecule has 0 atom stereocenters. The van der Waals surface area contributed by atoms with E-state index >= 15 is 0 Å². The highest BCUT2D eigenvalue weighted by atomic mass is 16.5. The molecule has 1 rings (SSSR count).